The van der Waals surface area contributed by atoms with Crippen LogP contribution in [0.5, 0.6) is 0 Å². The van der Waals surface area contributed by atoms with Crippen LogP contribution in [0.4, 0.5) is 0 Å². The van der Waals surface area contributed by atoms with Crippen molar-refractivity contribution >= 4 is 17.5 Å². The van der Waals surface area contributed by atoms with Crippen LogP contribution in [0.25, 0.3) is 5.65 Å². The second-order valence-electron chi connectivity index (χ2n) is 6.31. The van der Waals surface area contributed by atoms with Gasteiger partial charge in [-0.25, -0.2) is 4.98 Å². The standard InChI is InChI=1S/C18H21N3O4/c1-13-6-7-15-19-14(9-17(23)21(15)10-13)12-25-18(24)11-20-8-4-2-3-5-16(20)22/h6-7,9-10H,2-5,8,11-12H2,1H3. The summed E-state index contributed by atoms with van der Waals surface area (Å²) in [5.74, 6) is -0.493. The van der Waals surface area contributed by atoms with E-state index in [9.17, 15) is 14.4 Å². The second-order valence-corrected chi connectivity index (χ2v) is 6.31. The molecule has 0 bridgehead atoms. The first-order valence-corrected chi connectivity index (χ1v) is 8.45. The third-order valence-corrected chi connectivity index (χ3v) is 4.23. The molecule has 1 fully saturated rings. The van der Waals surface area contributed by atoms with Crippen molar-refractivity contribution < 1.29 is 14.3 Å². The molecule has 1 amide bonds. The average Bonchev–Trinajstić information content (AvgIpc) is 2.78. The van der Waals surface area contributed by atoms with E-state index in [1.54, 1.807) is 17.2 Å². The third-order valence-electron chi connectivity index (χ3n) is 4.23. The summed E-state index contributed by atoms with van der Waals surface area (Å²) < 4.78 is 6.66. The summed E-state index contributed by atoms with van der Waals surface area (Å²) in [6.07, 6.45) is 4.97. The van der Waals surface area contributed by atoms with Crippen molar-refractivity contribution in [1.29, 1.82) is 0 Å². The highest BCUT2D eigenvalue weighted by Crippen LogP contribution is 2.11. The van der Waals surface area contributed by atoms with Crippen LogP contribution < -0.4 is 5.56 Å². The molecule has 25 heavy (non-hydrogen) atoms. The Bertz CT molecular complexity index is 859. The molecule has 0 saturated carbocycles. The van der Waals surface area contributed by atoms with Gasteiger partial charge in [-0.1, -0.05) is 12.5 Å². The highest BCUT2D eigenvalue weighted by molar-refractivity contribution is 5.82. The van der Waals surface area contributed by atoms with Gasteiger partial charge in [-0.05, 0) is 31.4 Å². The number of amides is 1. The summed E-state index contributed by atoms with van der Waals surface area (Å²) in [5.41, 5.74) is 1.64. The minimum atomic E-state index is -0.485. The van der Waals surface area contributed by atoms with Gasteiger partial charge in [0, 0.05) is 25.2 Å². The fourth-order valence-electron chi connectivity index (χ4n) is 2.89. The van der Waals surface area contributed by atoms with Crippen LogP contribution in [0.2, 0.25) is 0 Å². The predicted octanol–water partition coefficient (Wildman–Crippen LogP) is 1.45. The zero-order valence-corrected chi connectivity index (χ0v) is 14.2. The first-order chi connectivity index (χ1) is 12.0. The summed E-state index contributed by atoms with van der Waals surface area (Å²) in [6, 6.07) is 4.97. The normalized spacial score (nSPS) is 15.2. The second kappa shape index (κ2) is 7.46. The number of fused-ring (bicyclic) bond motifs is 1. The van der Waals surface area contributed by atoms with Crippen LogP contribution >= 0.6 is 0 Å². The van der Waals surface area contributed by atoms with E-state index in [2.05, 4.69) is 4.98 Å². The molecule has 2 aromatic heterocycles. The lowest BCUT2D eigenvalue weighted by atomic mass is 10.2. The number of carbonyl (C=O) groups excluding carboxylic acids is 2. The van der Waals surface area contributed by atoms with Gasteiger partial charge in [0.15, 0.2) is 0 Å². The number of pyridine rings is 1. The van der Waals surface area contributed by atoms with E-state index in [4.69, 9.17) is 4.74 Å². The smallest absolute Gasteiger partial charge is 0.326 e. The van der Waals surface area contributed by atoms with Crippen LogP contribution in [-0.2, 0) is 20.9 Å². The number of hydrogen-bond donors (Lipinski definition) is 0. The molecule has 7 nitrogen and oxygen atoms in total. The molecule has 132 valence electrons. The van der Waals surface area contributed by atoms with Crippen molar-refractivity contribution in [2.45, 2.75) is 39.2 Å². The quantitative estimate of drug-likeness (QED) is 0.785. The van der Waals surface area contributed by atoms with E-state index in [0.29, 0.717) is 24.3 Å². The Hall–Kier alpha value is -2.70. The number of ether oxygens (including phenoxy) is 1. The lowest BCUT2D eigenvalue weighted by molar-refractivity contribution is -0.150. The zero-order chi connectivity index (χ0) is 17.8. The topological polar surface area (TPSA) is 81.0 Å². The summed E-state index contributed by atoms with van der Waals surface area (Å²) in [5, 5.41) is 0. The number of carbonyl (C=O) groups is 2. The molecule has 0 atom stereocenters. The molecule has 0 radical (unpaired) electrons. The van der Waals surface area contributed by atoms with Crippen LogP contribution in [0.1, 0.15) is 36.9 Å². The first kappa shape index (κ1) is 17.1. The maximum Gasteiger partial charge on any atom is 0.326 e. The van der Waals surface area contributed by atoms with E-state index in [1.165, 1.54) is 10.5 Å². The SMILES string of the molecule is Cc1ccc2nc(COC(=O)CN3CCCCCC3=O)cc(=O)n2c1. The Kier molecular flexibility index (Phi) is 5.11. The van der Waals surface area contributed by atoms with Crippen molar-refractivity contribution in [2.75, 3.05) is 13.1 Å². The Balaban J connectivity index is 1.64. The molecule has 3 heterocycles. The van der Waals surface area contributed by atoms with Gasteiger partial charge in [-0.15, -0.1) is 0 Å². The maximum atomic E-state index is 12.1. The molecule has 0 aromatic carbocycles. The number of rotatable bonds is 4. The Morgan fingerprint density at radius 3 is 2.92 bits per heavy atom. The lowest BCUT2D eigenvalue weighted by Crippen LogP contribution is -2.36. The van der Waals surface area contributed by atoms with Gasteiger partial charge in [-0.2, -0.15) is 0 Å². The van der Waals surface area contributed by atoms with Gasteiger partial charge in [0.25, 0.3) is 5.56 Å². The largest absolute Gasteiger partial charge is 0.458 e. The van der Waals surface area contributed by atoms with E-state index in [1.807, 2.05) is 13.0 Å². The molecule has 7 heteroatoms. The summed E-state index contributed by atoms with van der Waals surface area (Å²) in [7, 11) is 0. The fourth-order valence-corrected chi connectivity index (χ4v) is 2.89. The number of aryl methyl sites for hydroxylation is 1. The minimum absolute atomic E-state index is 0.00751. The molecule has 1 aliphatic rings. The minimum Gasteiger partial charge on any atom is -0.458 e. The molecule has 1 saturated heterocycles. The molecule has 1 aliphatic heterocycles. The molecule has 3 rings (SSSR count). The predicted molar refractivity (Wildman–Crippen MR) is 91.0 cm³/mol. The van der Waals surface area contributed by atoms with Gasteiger partial charge in [-0.3, -0.25) is 18.8 Å². The van der Waals surface area contributed by atoms with Crippen LogP contribution in [0.3, 0.4) is 0 Å². The molecule has 0 aliphatic carbocycles. The average molecular weight is 343 g/mol. The number of esters is 1. The molecular weight excluding hydrogens is 322 g/mol. The summed E-state index contributed by atoms with van der Waals surface area (Å²) in [4.78, 5) is 41.9. The van der Waals surface area contributed by atoms with Crippen molar-refractivity contribution in [3.05, 3.63) is 46.0 Å². The Labute approximate surface area is 145 Å². The van der Waals surface area contributed by atoms with E-state index in [0.717, 1.165) is 24.8 Å². The monoisotopic (exact) mass is 343 g/mol. The Morgan fingerprint density at radius 1 is 1.24 bits per heavy atom. The number of aromatic nitrogens is 2. The van der Waals surface area contributed by atoms with E-state index >= 15 is 0 Å². The van der Waals surface area contributed by atoms with Crippen molar-refractivity contribution in [3.63, 3.8) is 0 Å². The molecule has 0 spiro atoms. The van der Waals surface area contributed by atoms with Crippen molar-refractivity contribution in [2.24, 2.45) is 0 Å². The number of hydrogen-bond acceptors (Lipinski definition) is 5. The molecule has 0 N–H and O–H groups in total. The molecule has 0 unspecified atom stereocenters. The van der Waals surface area contributed by atoms with Gasteiger partial charge < -0.3 is 9.64 Å². The van der Waals surface area contributed by atoms with Gasteiger partial charge >= 0.3 is 5.97 Å². The molecular formula is C18H21N3O4. The number of likely N-dealkylation sites (tertiary alicyclic amines) is 1. The van der Waals surface area contributed by atoms with Crippen LogP contribution in [0.15, 0.2) is 29.2 Å². The van der Waals surface area contributed by atoms with Crippen LogP contribution in [0, 0.1) is 6.92 Å². The Morgan fingerprint density at radius 2 is 2.08 bits per heavy atom. The van der Waals surface area contributed by atoms with Crippen molar-refractivity contribution in [1.82, 2.24) is 14.3 Å². The van der Waals surface area contributed by atoms with Gasteiger partial charge in [0.2, 0.25) is 5.91 Å². The third kappa shape index (κ3) is 4.23. The highest BCUT2D eigenvalue weighted by Gasteiger charge is 2.20. The van der Waals surface area contributed by atoms with E-state index in [-0.39, 0.29) is 24.6 Å². The highest BCUT2D eigenvalue weighted by atomic mass is 16.5. The number of nitrogens with zero attached hydrogens (tertiary/aromatic N) is 3. The fraction of sp³-hybridized carbons (Fsp3) is 0.444. The van der Waals surface area contributed by atoms with Gasteiger partial charge in [0.05, 0.1) is 5.69 Å². The van der Waals surface area contributed by atoms with Crippen molar-refractivity contribution in [3.8, 4) is 0 Å². The van der Waals surface area contributed by atoms with Crippen LogP contribution in [-0.4, -0.2) is 39.3 Å². The molecule has 2 aromatic rings. The first-order valence-electron chi connectivity index (χ1n) is 8.45. The summed E-state index contributed by atoms with van der Waals surface area (Å²) >= 11 is 0. The van der Waals surface area contributed by atoms with E-state index < -0.39 is 5.97 Å². The summed E-state index contributed by atoms with van der Waals surface area (Å²) in [6.45, 7) is 2.35. The maximum absolute atomic E-state index is 12.1. The zero-order valence-electron chi connectivity index (χ0n) is 14.2. The van der Waals surface area contributed by atoms with Gasteiger partial charge in [0.1, 0.15) is 18.8 Å². The lowest BCUT2D eigenvalue weighted by Gasteiger charge is -2.19.